The van der Waals surface area contributed by atoms with Crippen LogP contribution in [0.2, 0.25) is 0 Å². The van der Waals surface area contributed by atoms with E-state index in [1.54, 1.807) is 0 Å². The second-order valence-corrected chi connectivity index (χ2v) is 4.72. The summed E-state index contributed by atoms with van der Waals surface area (Å²) in [6, 6.07) is 6.13. The third-order valence-corrected chi connectivity index (χ3v) is 3.31. The largest absolute Gasteiger partial charge is 0.454 e. The van der Waals surface area contributed by atoms with Crippen LogP contribution in [0.3, 0.4) is 0 Å². The topological polar surface area (TPSA) is 60.1 Å². The van der Waals surface area contributed by atoms with Crippen LogP contribution in [0.25, 0.3) is 11.0 Å². The van der Waals surface area contributed by atoms with Crippen LogP contribution < -0.4 is 9.47 Å². The zero-order valence-electron chi connectivity index (χ0n) is 11.0. The molecule has 0 amide bonds. The fourth-order valence-corrected chi connectivity index (χ4v) is 2.35. The number of aryl methyl sites for hydroxylation is 1. The molecule has 0 saturated carbocycles. The van der Waals surface area contributed by atoms with Crippen LogP contribution in [-0.4, -0.2) is 16.3 Å². The van der Waals surface area contributed by atoms with Crippen LogP contribution in [0.4, 0.5) is 0 Å². The summed E-state index contributed by atoms with van der Waals surface area (Å²) in [7, 11) is 0. The molecule has 1 aliphatic rings. The number of hydrogen-bond donors (Lipinski definition) is 0. The molecule has 0 bridgehead atoms. The van der Waals surface area contributed by atoms with Gasteiger partial charge in [0.2, 0.25) is 6.79 Å². The summed E-state index contributed by atoms with van der Waals surface area (Å²) >= 11 is 0. The molecule has 5 heteroatoms. The molecule has 1 aliphatic heterocycles. The molecule has 1 unspecified atom stereocenters. The maximum absolute atomic E-state index is 9.00. The van der Waals surface area contributed by atoms with E-state index >= 15 is 0 Å². The third-order valence-electron chi connectivity index (χ3n) is 3.31. The van der Waals surface area contributed by atoms with Gasteiger partial charge in [0.05, 0.1) is 23.0 Å². The first-order valence-corrected chi connectivity index (χ1v) is 6.41. The van der Waals surface area contributed by atoms with Crippen molar-refractivity contribution in [1.29, 1.82) is 5.26 Å². The van der Waals surface area contributed by atoms with Gasteiger partial charge in [0.25, 0.3) is 0 Å². The van der Waals surface area contributed by atoms with Gasteiger partial charge in [-0.25, -0.2) is 4.98 Å². The van der Waals surface area contributed by atoms with Gasteiger partial charge in [-0.05, 0) is 6.92 Å². The molecule has 0 spiro atoms. The minimum atomic E-state index is -0.0480. The molecule has 2 heterocycles. The van der Waals surface area contributed by atoms with E-state index in [-0.39, 0.29) is 12.7 Å². The van der Waals surface area contributed by atoms with Crippen molar-refractivity contribution in [3.05, 3.63) is 18.0 Å². The zero-order chi connectivity index (χ0) is 13.4. The van der Waals surface area contributed by atoms with E-state index in [4.69, 9.17) is 14.7 Å². The summed E-state index contributed by atoms with van der Waals surface area (Å²) in [5, 5.41) is 9.00. The highest BCUT2D eigenvalue weighted by atomic mass is 16.7. The summed E-state index contributed by atoms with van der Waals surface area (Å²) < 4.78 is 12.9. The second kappa shape index (κ2) is 4.47. The smallest absolute Gasteiger partial charge is 0.231 e. The Balaban J connectivity index is 2.15. The van der Waals surface area contributed by atoms with Crippen molar-refractivity contribution in [2.75, 3.05) is 6.79 Å². The van der Waals surface area contributed by atoms with Gasteiger partial charge in [-0.1, -0.05) is 6.92 Å². The summed E-state index contributed by atoms with van der Waals surface area (Å²) in [6.07, 6.45) is 0.833. The molecule has 1 atom stereocenters. The van der Waals surface area contributed by atoms with Gasteiger partial charge in [-0.2, -0.15) is 5.26 Å². The number of nitrogens with zero attached hydrogens (tertiary/aromatic N) is 3. The van der Waals surface area contributed by atoms with Gasteiger partial charge in [0.1, 0.15) is 5.82 Å². The summed E-state index contributed by atoms with van der Waals surface area (Å²) in [5.41, 5.74) is 1.90. The maximum Gasteiger partial charge on any atom is 0.231 e. The standard InChI is InChI=1S/C14H15N3O2/c1-3-14-16-10-4-12-13(19-8-18-12)5-11(10)17(14)7-9(2)6-15/h4-5,9H,3,7-8H2,1-2H3. The molecule has 0 N–H and O–H groups in total. The molecule has 2 aromatic rings. The van der Waals surface area contributed by atoms with Gasteiger partial charge < -0.3 is 14.0 Å². The molecule has 98 valence electrons. The van der Waals surface area contributed by atoms with E-state index in [9.17, 15) is 0 Å². The molecular formula is C14H15N3O2. The number of benzene rings is 1. The Kier molecular flexibility index (Phi) is 2.79. The predicted octanol–water partition coefficient (Wildman–Crippen LogP) is 2.49. The Bertz CT molecular complexity index is 669. The summed E-state index contributed by atoms with van der Waals surface area (Å²) in [5.74, 6) is 2.43. The summed E-state index contributed by atoms with van der Waals surface area (Å²) in [6.45, 7) is 4.89. The van der Waals surface area contributed by atoms with Gasteiger partial charge in [0, 0.05) is 25.1 Å². The van der Waals surface area contributed by atoms with Crippen LogP contribution in [0.5, 0.6) is 11.5 Å². The highest BCUT2D eigenvalue weighted by molar-refractivity contribution is 5.81. The first-order valence-electron chi connectivity index (χ1n) is 6.41. The van der Waals surface area contributed by atoms with Crippen molar-refractivity contribution in [3.8, 4) is 17.6 Å². The van der Waals surface area contributed by atoms with Crippen molar-refractivity contribution >= 4 is 11.0 Å². The fraction of sp³-hybridized carbons (Fsp3) is 0.429. The molecule has 1 aromatic carbocycles. The Morgan fingerprint density at radius 2 is 2.16 bits per heavy atom. The van der Waals surface area contributed by atoms with E-state index in [0.29, 0.717) is 6.54 Å². The van der Waals surface area contributed by atoms with E-state index in [2.05, 4.69) is 22.5 Å². The minimum absolute atomic E-state index is 0.0480. The van der Waals surface area contributed by atoms with Crippen LogP contribution in [0.1, 0.15) is 19.7 Å². The van der Waals surface area contributed by atoms with Gasteiger partial charge in [-0.15, -0.1) is 0 Å². The second-order valence-electron chi connectivity index (χ2n) is 4.72. The highest BCUT2D eigenvalue weighted by Crippen LogP contribution is 2.36. The number of ether oxygens (including phenoxy) is 2. The van der Waals surface area contributed by atoms with Gasteiger partial charge >= 0.3 is 0 Å². The number of fused-ring (bicyclic) bond motifs is 2. The van der Waals surface area contributed by atoms with E-state index in [1.807, 2.05) is 19.1 Å². The van der Waals surface area contributed by atoms with E-state index < -0.39 is 0 Å². The Morgan fingerprint density at radius 3 is 2.84 bits per heavy atom. The van der Waals surface area contributed by atoms with E-state index in [0.717, 1.165) is 34.8 Å². The minimum Gasteiger partial charge on any atom is -0.454 e. The van der Waals surface area contributed by atoms with Crippen LogP contribution in [0.15, 0.2) is 12.1 Å². The lowest BCUT2D eigenvalue weighted by molar-refractivity contribution is 0.174. The predicted molar refractivity (Wildman–Crippen MR) is 70.0 cm³/mol. The molecular weight excluding hydrogens is 242 g/mol. The third kappa shape index (κ3) is 1.89. The van der Waals surface area contributed by atoms with Crippen molar-refractivity contribution < 1.29 is 9.47 Å². The van der Waals surface area contributed by atoms with Crippen LogP contribution in [0, 0.1) is 17.2 Å². The monoisotopic (exact) mass is 257 g/mol. The molecule has 0 radical (unpaired) electrons. The first kappa shape index (κ1) is 11.8. The molecule has 1 aromatic heterocycles. The number of nitriles is 1. The first-order chi connectivity index (χ1) is 9.22. The number of hydrogen-bond acceptors (Lipinski definition) is 4. The Labute approximate surface area is 111 Å². The van der Waals surface area contributed by atoms with Gasteiger partial charge in [-0.3, -0.25) is 0 Å². The Morgan fingerprint density at radius 1 is 1.42 bits per heavy atom. The molecule has 3 rings (SSSR count). The number of aromatic nitrogens is 2. The molecule has 0 aliphatic carbocycles. The van der Waals surface area contributed by atoms with Crippen molar-refractivity contribution in [2.24, 2.45) is 5.92 Å². The quantitative estimate of drug-likeness (QED) is 0.847. The number of imidazole rings is 1. The molecule has 5 nitrogen and oxygen atoms in total. The lowest BCUT2D eigenvalue weighted by Crippen LogP contribution is -2.09. The Hall–Kier alpha value is -2.22. The lowest BCUT2D eigenvalue weighted by Gasteiger charge is -2.09. The van der Waals surface area contributed by atoms with Crippen LogP contribution in [-0.2, 0) is 13.0 Å². The lowest BCUT2D eigenvalue weighted by atomic mass is 10.2. The molecule has 0 fully saturated rings. The fourth-order valence-electron chi connectivity index (χ4n) is 2.35. The highest BCUT2D eigenvalue weighted by Gasteiger charge is 2.19. The summed E-state index contributed by atoms with van der Waals surface area (Å²) in [4.78, 5) is 4.61. The average Bonchev–Trinajstić information content (AvgIpc) is 3.00. The zero-order valence-corrected chi connectivity index (χ0v) is 11.0. The van der Waals surface area contributed by atoms with Crippen molar-refractivity contribution in [2.45, 2.75) is 26.8 Å². The van der Waals surface area contributed by atoms with Gasteiger partial charge in [0.15, 0.2) is 11.5 Å². The number of rotatable bonds is 3. The maximum atomic E-state index is 9.00. The average molecular weight is 257 g/mol. The van der Waals surface area contributed by atoms with Crippen LogP contribution >= 0.6 is 0 Å². The SMILES string of the molecule is CCc1nc2cc3c(cc2n1CC(C)C#N)OCO3. The van der Waals surface area contributed by atoms with E-state index in [1.165, 1.54) is 0 Å². The molecule has 0 saturated heterocycles. The van der Waals surface area contributed by atoms with Crippen molar-refractivity contribution in [3.63, 3.8) is 0 Å². The normalized spacial score (nSPS) is 14.6. The van der Waals surface area contributed by atoms with Crippen molar-refractivity contribution in [1.82, 2.24) is 9.55 Å². The molecule has 19 heavy (non-hydrogen) atoms.